The second-order valence-corrected chi connectivity index (χ2v) is 3.62. The Hall–Kier alpha value is -2.23. The number of aryl methyl sites for hydroxylation is 1. The molecule has 0 aliphatic heterocycles. The van der Waals surface area contributed by atoms with Gasteiger partial charge in [0.05, 0.1) is 5.56 Å². The van der Waals surface area contributed by atoms with Crippen molar-refractivity contribution in [2.45, 2.75) is 6.92 Å². The van der Waals surface area contributed by atoms with Gasteiger partial charge in [0.25, 0.3) is 5.91 Å². The zero-order valence-electron chi connectivity index (χ0n) is 9.27. The molecule has 0 aliphatic rings. The number of pyridine rings is 1. The summed E-state index contributed by atoms with van der Waals surface area (Å²) in [6, 6.07) is 9.24. The Morgan fingerprint density at radius 2 is 2.06 bits per heavy atom. The number of hydrogen-bond donors (Lipinski definition) is 1. The minimum atomic E-state index is -0.532. The van der Waals surface area contributed by atoms with E-state index in [2.05, 4.69) is 10.3 Å². The van der Waals surface area contributed by atoms with E-state index >= 15 is 0 Å². The molecule has 1 amide bonds. The molecule has 0 bridgehead atoms. The van der Waals surface area contributed by atoms with Gasteiger partial charge in [-0.1, -0.05) is 12.1 Å². The van der Waals surface area contributed by atoms with Crippen molar-refractivity contribution in [2.24, 2.45) is 0 Å². The largest absolute Gasteiger partial charge is 0.322 e. The van der Waals surface area contributed by atoms with Gasteiger partial charge in [0, 0.05) is 17.6 Å². The van der Waals surface area contributed by atoms with Crippen molar-refractivity contribution in [2.75, 3.05) is 5.32 Å². The van der Waals surface area contributed by atoms with E-state index in [0.717, 1.165) is 5.69 Å². The predicted molar refractivity (Wildman–Crippen MR) is 63.3 cm³/mol. The highest BCUT2D eigenvalue weighted by molar-refractivity contribution is 6.04. The summed E-state index contributed by atoms with van der Waals surface area (Å²) in [5, 5.41) is 2.62. The molecule has 2 aromatic rings. The molecule has 2 rings (SSSR count). The molecule has 0 aliphatic carbocycles. The highest BCUT2D eigenvalue weighted by Crippen LogP contribution is 2.12. The number of nitrogens with one attached hydrogen (secondary N) is 1. The third-order valence-corrected chi connectivity index (χ3v) is 2.27. The lowest BCUT2D eigenvalue weighted by molar-refractivity contribution is 0.102. The molecule has 1 aromatic carbocycles. The van der Waals surface area contributed by atoms with Crippen molar-refractivity contribution in [1.82, 2.24) is 4.98 Å². The van der Waals surface area contributed by atoms with Crippen LogP contribution in [0.2, 0.25) is 0 Å². The maximum Gasteiger partial charge on any atom is 0.258 e. The van der Waals surface area contributed by atoms with Crippen LogP contribution in [0.25, 0.3) is 0 Å². The first-order valence-electron chi connectivity index (χ1n) is 5.15. The normalized spacial score (nSPS) is 10.0. The van der Waals surface area contributed by atoms with Gasteiger partial charge in [-0.3, -0.25) is 9.78 Å². The van der Waals surface area contributed by atoms with E-state index in [4.69, 9.17) is 0 Å². The van der Waals surface area contributed by atoms with Gasteiger partial charge < -0.3 is 5.32 Å². The predicted octanol–water partition coefficient (Wildman–Crippen LogP) is 2.78. The summed E-state index contributed by atoms with van der Waals surface area (Å²) in [4.78, 5) is 15.8. The van der Waals surface area contributed by atoms with Crippen molar-refractivity contribution in [3.8, 4) is 0 Å². The summed E-state index contributed by atoms with van der Waals surface area (Å²) < 4.78 is 13.3. The average Bonchev–Trinajstić information content (AvgIpc) is 2.29. The number of amides is 1. The fraction of sp³-hybridized carbons (Fsp3) is 0.0769. The Balaban J connectivity index is 2.20. The quantitative estimate of drug-likeness (QED) is 0.861. The van der Waals surface area contributed by atoms with Crippen molar-refractivity contribution in [3.05, 3.63) is 59.7 Å². The second-order valence-electron chi connectivity index (χ2n) is 3.62. The number of halogens is 1. The third kappa shape index (κ3) is 2.66. The number of aromatic nitrogens is 1. The molecule has 0 spiro atoms. The molecule has 0 saturated carbocycles. The van der Waals surface area contributed by atoms with Gasteiger partial charge in [-0.15, -0.1) is 0 Å². The molecular formula is C13H11FN2O. The molecule has 0 unspecified atom stereocenters. The van der Waals surface area contributed by atoms with E-state index in [1.807, 2.05) is 6.92 Å². The molecule has 86 valence electrons. The molecular weight excluding hydrogens is 219 g/mol. The van der Waals surface area contributed by atoms with Crippen LogP contribution in [0.15, 0.2) is 42.6 Å². The second kappa shape index (κ2) is 4.74. The minimum absolute atomic E-state index is 0.0296. The molecule has 0 saturated heterocycles. The first-order chi connectivity index (χ1) is 8.16. The summed E-state index contributed by atoms with van der Waals surface area (Å²) in [6.45, 7) is 1.82. The SMILES string of the molecule is Cc1cc(NC(=O)c2ccccc2F)ccn1. The van der Waals surface area contributed by atoms with Crippen LogP contribution in [0.3, 0.4) is 0 Å². The maximum atomic E-state index is 13.3. The lowest BCUT2D eigenvalue weighted by Gasteiger charge is -2.06. The summed E-state index contributed by atoms with van der Waals surface area (Å²) in [6.07, 6.45) is 1.59. The van der Waals surface area contributed by atoms with E-state index < -0.39 is 11.7 Å². The van der Waals surface area contributed by atoms with Gasteiger partial charge in [-0.2, -0.15) is 0 Å². The van der Waals surface area contributed by atoms with Gasteiger partial charge in [-0.05, 0) is 31.2 Å². The highest BCUT2D eigenvalue weighted by atomic mass is 19.1. The smallest absolute Gasteiger partial charge is 0.258 e. The standard InChI is InChI=1S/C13H11FN2O/c1-9-8-10(6-7-15-9)16-13(17)11-4-2-3-5-12(11)14/h2-8H,1H3,(H,15,16,17). The Morgan fingerprint density at radius 3 is 2.76 bits per heavy atom. The number of nitrogens with zero attached hydrogens (tertiary/aromatic N) is 1. The van der Waals surface area contributed by atoms with Gasteiger partial charge in [0.2, 0.25) is 0 Å². The molecule has 0 fully saturated rings. The minimum Gasteiger partial charge on any atom is -0.322 e. The molecule has 1 heterocycles. The van der Waals surface area contributed by atoms with Crippen molar-refractivity contribution >= 4 is 11.6 Å². The van der Waals surface area contributed by atoms with Crippen LogP contribution in [-0.4, -0.2) is 10.9 Å². The topological polar surface area (TPSA) is 42.0 Å². The van der Waals surface area contributed by atoms with Gasteiger partial charge in [0.15, 0.2) is 0 Å². The maximum absolute atomic E-state index is 13.3. The number of hydrogen-bond acceptors (Lipinski definition) is 2. The lowest BCUT2D eigenvalue weighted by atomic mass is 10.2. The molecule has 1 N–H and O–H groups in total. The zero-order valence-corrected chi connectivity index (χ0v) is 9.27. The summed E-state index contributed by atoms with van der Waals surface area (Å²) >= 11 is 0. The zero-order chi connectivity index (χ0) is 12.3. The van der Waals surface area contributed by atoms with Crippen LogP contribution in [0, 0.1) is 12.7 Å². The van der Waals surface area contributed by atoms with E-state index in [9.17, 15) is 9.18 Å². The number of carbonyl (C=O) groups excluding carboxylic acids is 1. The van der Waals surface area contributed by atoms with Crippen LogP contribution < -0.4 is 5.32 Å². The van der Waals surface area contributed by atoms with Crippen LogP contribution in [0.4, 0.5) is 10.1 Å². The summed E-state index contributed by atoms with van der Waals surface area (Å²) in [5.74, 6) is -0.996. The van der Waals surface area contributed by atoms with Gasteiger partial charge in [-0.25, -0.2) is 4.39 Å². The number of carbonyl (C=O) groups is 1. The fourth-order valence-electron chi connectivity index (χ4n) is 1.47. The number of anilines is 1. The summed E-state index contributed by atoms with van der Waals surface area (Å²) in [5.41, 5.74) is 1.42. The van der Waals surface area contributed by atoms with Crippen LogP contribution in [0.1, 0.15) is 16.1 Å². The van der Waals surface area contributed by atoms with E-state index in [1.165, 1.54) is 12.1 Å². The van der Waals surface area contributed by atoms with E-state index in [0.29, 0.717) is 5.69 Å². The van der Waals surface area contributed by atoms with Gasteiger partial charge in [0.1, 0.15) is 5.82 Å². The number of rotatable bonds is 2. The van der Waals surface area contributed by atoms with Crippen molar-refractivity contribution in [1.29, 1.82) is 0 Å². The Labute approximate surface area is 98.3 Å². The Bertz CT molecular complexity index is 555. The van der Waals surface area contributed by atoms with Crippen molar-refractivity contribution < 1.29 is 9.18 Å². The molecule has 3 nitrogen and oxygen atoms in total. The monoisotopic (exact) mass is 230 g/mol. The molecule has 4 heteroatoms. The molecule has 17 heavy (non-hydrogen) atoms. The first kappa shape index (κ1) is 11.3. The van der Waals surface area contributed by atoms with Crippen LogP contribution in [0.5, 0.6) is 0 Å². The fourth-order valence-corrected chi connectivity index (χ4v) is 1.47. The van der Waals surface area contributed by atoms with Crippen molar-refractivity contribution in [3.63, 3.8) is 0 Å². The molecule has 1 aromatic heterocycles. The molecule has 0 radical (unpaired) electrons. The van der Waals surface area contributed by atoms with Crippen LogP contribution >= 0.6 is 0 Å². The number of benzene rings is 1. The Morgan fingerprint density at radius 1 is 1.29 bits per heavy atom. The molecule has 0 atom stereocenters. The van der Waals surface area contributed by atoms with E-state index in [-0.39, 0.29) is 5.56 Å². The average molecular weight is 230 g/mol. The van der Waals surface area contributed by atoms with E-state index in [1.54, 1.807) is 30.5 Å². The van der Waals surface area contributed by atoms with Gasteiger partial charge >= 0.3 is 0 Å². The first-order valence-corrected chi connectivity index (χ1v) is 5.15. The third-order valence-electron chi connectivity index (χ3n) is 2.27. The highest BCUT2D eigenvalue weighted by Gasteiger charge is 2.10. The summed E-state index contributed by atoms with van der Waals surface area (Å²) in [7, 11) is 0. The Kier molecular flexibility index (Phi) is 3.14. The van der Waals surface area contributed by atoms with Crippen LogP contribution in [-0.2, 0) is 0 Å². The lowest BCUT2D eigenvalue weighted by Crippen LogP contribution is -2.13.